The van der Waals surface area contributed by atoms with Crippen molar-refractivity contribution < 1.29 is 14.3 Å². The quantitative estimate of drug-likeness (QED) is 0.779. The molecule has 0 aliphatic carbocycles. The molecule has 0 unspecified atom stereocenters. The van der Waals surface area contributed by atoms with Crippen molar-refractivity contribution in [2.75, 3.05) is 0 Å². The molecule has 104 valence electrons. The standard InChI is InChI=1S/C15H15FN2O2/c16-14-6-3-11(15(17)20)7-12(14)9-18-8-10-1-4-13(19)5-2-10/h1-7,18-19H,8-9H2,(H2,17,20). The number of phenolic OH excluding ortho intramolecular Hbond substituents is 1. The molecule has 0 radical (unpaired) electrons. The number of nitrogens with one attached hydrogen (secondary N) is 1. The van der Waals surface area contributed by atoms with Gasteiger partial charge < -0.3 is 16.2 Å². The third kappa shape index (κ3) is 3.55. The number of amides is 1. The molecule has 5 heteroatoms. The SMILES string of the molecule is NC(=O)c1ccc(F)c(CNCc2ccc(O)cc2)c1. The molecule has 1 amide bonds. The minimum atomic E-state index is -0.579. The molecule has 20 heavy (non-hydrogen) atoms. The van der Waals surface area contributed by atoms with Gasteiger partial charge in [0, 0.05) is 24.2 Å². The summed E-state index contributed by atoms with van der Waals surface area (Å²) in [6.45, 7) is 0.814. The van der Waals surface area contributed by atoms with Crippen molar-refractivity contribution in [1.29, 1.82) is 0 Å². The summed E-state index contributed by atoms with van der Waals surface area (Å²) in [5.41, 5.74) is 6.80. The summed E-state index contributed by atoms with van der Waals surface area (Å²) in [5, 5.41) is 12.2. The number of benzene rings is 2. The summed E-state index contributed by atoms with van der Waals surface area (Å²) in [4.78, 5) is 11.0. The van der Waals surface area contributed by atoms with Crippen LogP contribution < -0.4 is 11.1 Å². The lowest BCUT2D eigenvalue weighted by Gasteiger charge is -2.07. The van der Waals surface area contributed by atoms with Gasteiger partial charge in [0.15, 0.2) is 0 Å². The lowest BCUT2D eigenvalue weighted by molar-refractivity contribution is 0.1000. The van der Waals surface area contributed by atoms with Crippen molar-refractivity contribution in [1.82, 2.24) is 5.32 Å². The van der Waals surface area contributed by atoms with E-state index in [1.165, 1.54) is 18.2 Å². The normalized spacial score (nSPS) is 10.4. The topological polar surface area (TPSA) is 75.4 Å². The highest BCUT2D eigenvalue weighted by molar-refractivity contribution is 5.92. The third-order valence-electron chi connectivity index (χ3n) is 2.91. The van der Waals surface area contributed by atoms with Crippen LogP contribution in [0.3, 0.4) is 0 Å². The van der Waals surface area contributed by atoms with Crippen LogP contribution in [0, 0.1) is 5.82 Å². The highest BCUT2D eigenvalue weighted by Gasteiger charge is 2.06. The molecule has 0 atom stereocenters. The van der Waals surface area contributed by atoms with Gasteiger partial charge in [-0.25, -0.2) is 4.39 Å². The van der Waals surface area contributed by atoms with Gasteiger partial charge in [-0.1, -0.05) is 12.1 Å². The Morgan fingerprint density at radius 3 is 2.50 bits per heavy atom. The number of hydrogen-bond donors (Lipinski definition) is 3. The number of aromatic hydroxyl groups is 1. The van der Waals surface area contributed by atoms with Gasteiger partial charge in [-0.15, -0.1) is 0 Å². The van der Waals surface area contributed by atoms with Gasteiger partial charge >= 0.3 is 0 Å². The molecule has 4 nitrogen and oxygen atoms in total. The van der Waals surface area contributed by atoms with E-state index in [2.05, 4.69) is 5.32 Å². The van der Waals surface area contributed by atoms with Crippen molar-refractivity contribution in [3.63, 3.8) is 0 Å². The second-order valence-electron chi connectivity index (χ2n) is 4.44. The number of carbonyl (C=O) groups is 1. The molecular formula is C15H15FN2O2. The van der Waals surface area contributed by atoms with Crippen LogP contribution >= 0.6 is 0 Å². The van der Waals surface area contributed by atoms with E-state index >= 15 is 0 Å². The molecule has 2 rings (SSSR count). The van der Waals surface area contributed by atoms with E-state index in [0.717, 1.165) is 5.56 Å². The first-order valence-corrected chi connectivity index (χ1v) is 6.13. The Morgan fingerprint density at radius 1 is 1.15 bits per heavy atom. The zero-order chi connectivity index (χ0) is 14.5. The van der Waals surface area contributed by atoms with E-state index in [-0.39, 0.29) is 23.7 Å². The number of phenols is 1. The van der Waals surface area contributed by atoms with Crippen molar-refractivity contribution in [2.24, 2.45) is 5.73 Å². The predicted octanol–water partition coefficient (Wildman–Crippen LogP) is 1.92. The Kier molecular flexibility index (Phi) is 4.32. The van der Waals surface area contributed by atoms with Crippen molar-refractivity contribution in [3.05, 3.63) is 65.0 Å². The van der Waals surface area contributed by atoms with Gasteiger partial charge in [0.25, 0.3) is 0 Å². The van der Waals surface area contributed by atoms with Crippen LogP contribution in [0.4, 0.5) is 4.39 Å². The van der Waals surface area contributed by atoms with E-state index in [0.29, 0.717) is 12.1 Å². The summed E-state index contributed by atoms with van der Waals surface area (Å²) in [5.74, 6) is -0.757. The fourth-order valence-electron chi connectivity index (χ4n) is 1.82. The second kappa shape index (κ2) is 6.16. The lowest BCUT2D eigenvalue weighted by atomic mass is 10.1. The largest absolute Gasteiger partial charge is 0.508 e. The van der Waals surface area contributed by atoms with Gasteiger partial charge in [-0.3, -0.25) is 4.79 Å². The van der Waals surface area contributed by atoms with Gasteiger partial charge in [-0.05, 0) is 35.9 Å². The number of hydrogen-bond acceptors (Lipinski definition) is 3. The monoisotopic (exact) mass is 274 g/mol. The Bertz CT molecular complexity index is 612. The van der Waals surface area contributed by atoms with Crippen molar-refractivity contribution in [3.8, 4) is 5.75 Å². The molecule has 0 fully saturated rings. The molecule has 0 aromatic heterocycles. The average molecular weight is 274 g/mol. The number of halogens is 1. The van der Waals surface area contributed by atoms with E-state index in [4.69, 9.17) is 10.8 Å². The summed E-state index contributed by atoms with van der Waals surface area (Å²) >= 11 is 0. The van der Waals surface area contributed by atoms with E-state index < -0.39 is 5.91 Å². The first-order chi connectivity index (χ1) is 9.56. The fourth-order valence-corrected chi connectivity index (χ4v) is 1.82. The average Bonchev–Trinajstić information content (AvgIpc) is 2.43. The van der Waals surface area contributed by atoms with E-state index in [9.17, 15) is 9.18 Å². The zero-order valence-corrected chi connectivity index (χ0v) is 10.8. The molecule has 0 aliphatic rings. The smallest absolute Gasteiger partial charge is 0.248 e. The van der Waals surface area contributed by atoms with Gasteiger partial charge in [0.1, 0.15) is 11.6 Å². The van der Waals surface area contributed by atoms with Crippen LogP contribution in [0.2, 0.25) is 0 Å². The molecule has 0 saturated heterocycles. The van der Waals surface area contributed by atoms with Gasteiger partial charge in [-0.2, -0.15) is 0 Å². The summed E-state index contributed by atoms with van der Waals surface area (Å²) in [7, 11) is 0. The molecular weight excluding hydrogens is 259 g/mol. The summed E-state index contributed by atoms with van der Waals surface area (Å²) < 4.78 is 13.6. The molecule has 0 spiro atoms. The minimum absolute atomic E-state index is 0.203. The zero-order valence-electron chi connectivity index (χ0n) is 10.8. The highest BCUT2D eigenvalue weighted by atomic mass is 19.1. The van der Waals surface area contributed by atoms with Crippen LogP contribution in [-0.2, 0) is 13.1 Å². The molecule has 2 aromatic rings. The van der Waals surface area contributed by atoms with Crippen LogP contribution in [0.25, 0.3) is 0 Å². The van der Waals surface area contributed by atoms with Crippen molar-refractivity contribution in [2.45, 2.75) is 13.1 Å². The molecule has 0 saturated carbocycles. The molecule has 0 bridgehead atoms. The van der Waals surface area contributed by atoms with Gasteiger partial charge in [0.2, 0.25) is 5.91 Å². The van der Waals surface area contributed by atoms with Crippen molar-refractivity contribution >= 4 is 5.91 Å². The fraction of sp³-hybridized carbons (Fsp3) is 0.133. The Balaban J connectivity index is 1.98. The van der Waals surface area contributed by atoms with Gasteiger partial charge in [0.05, 0.1) is 0 Å². The first-order valence-electron chi connectivity index (χ1n) is 6.13. The summed E-state index contributed by atoms with van der Waals surface area (Å²) in [6, 6.07) is 10.8. The molecule has 2 aromatic carbocycles. The highest BCUT2D eigenvalue weighted by Crippen LogP contribution is 2.12. The Hall–Kier alpha value is -2.40. The predicted molar refractivity (Wildman–Crippen MR) is 73.6 cm³/mol. The maximum Gasteiger partial charge on any atom is 0.248 e. The number of rotatable bonds is 5. The molecule has 4 N–H and O–H groups in total. The Labute approximate surface area is 116 Å². The minimum Gasteiger partial charge on any atom is -0.508 e. The first kappa shape index (κ1) is 14.0. The van der Waals surface area contributed by atoms with Crippen LogP contribution in [0.1, 0.15) is 21.5 Å². The molecule has 0 aliphatic heterocycles. The maximum absolute atomic E-state index is 13.6. The third-order valence-corrected chi connectivity index (χ3v) is 2.91. The molecule has 0 heterocycles. The number of carbonyl (C=O) groups excluding carboxylic acids is 1. The van der Waals surface area contributed by atoms with Crippen LogP contribution in [0.15, 0.2) is 42.5 Å². The van der Waals surface area contributed by atoms with Crippen LogP contribution in [0.5, 0.6) is 5.75 Å². The Morgan fingerprint density at radius 2 is 1.85 bits per heavy atom. The van der Waals surface area contributed by atoms with E-state index in [1.54, 1.807) is 24.3 Å². The summed E-state index contributed by atoms with van der Waals surface area (Å²) in [6.07, 6.45) is 0. The maximum atomic E-state index is 13.6. The number of primary amides is 1. The lowest BCUT2D eigenvalue weighted by Crippen LogP contribution is -2.16. The van der Waals surface area contributed by atoms with E-state index in [1.807, 2.05) is 0 Å². The van der Waals surface area contributed by atoms with Crippen LogP contribution in [-0.4, -0.2) is 11.0 Å². The number of nitrogens with two attached hydrogens (primary N) is 1. The second-order valence-corrected chi connectivity index (χ2v) is 4.44.